The Bertz CT molecular complexity index is 490. The van der Waals surface area contributed by atoms with Gasteiger partial charge in [-0.05, 0) is 11.8 Å². The van der Waals surface area contributed by atoms with Crippen LogP contribution in [0.15, 0.2) is 0 Å². The van der Waals surface area contributed by atoms with Crippen molar-refractivity contribution in [1.29, 1.82) is 0 Å². The second-order valence-electron chi connectivity index (χ2n) is 8.70. The van der Waals surface area contributed by atoms with Crippen LogP contribution in [0.1, 0.15) is 27.7 Å². The minimum atomic E-state index is -3.37. The molecule has 0 amide bonds. The lowest BCUT2D eigenvalue weighted by molar-refractivity contribution is -0.141. The van der Waals surface area contributed by atoms with Gasteiger partial charge in [-0.25, -0.2) is 0 Å². The molecule has 10 nitrogen and oxygen atoms in total. The zero-order valence-corrected chi connectivity index (χ0v) is 23.2. The fourth-order valence-electron chi connectivity index (χ4n) is 5.14. The number of hydrogen-bond acceptors (Lipinski definition) is 10. The minimum Gasteiger partial charge on any atom is -0.394 e. The first-order valence-electron chi connectivity index (χ1n) is 10.9. The van der Waals surface area contributed by atoms with Gasteiger partial charge < -0.3 is 46.2 Å². The van der Waals surface area contributed by atoms with E-state index in [1.165, 1.54) is 0 Å². The molecule has 4 unspecified atom stereocenters. The van der Waals surface area contributed by atoms with Crippen LogP contribution in [-0.4, -0.2) is 108 Å². The van der Waals surface area contributed by atoms with E-state index >= 15 is 0 Å². The molecule has 0 aromatic rings. The Labute approximate surface area is 195 Å². The minimum absolute atomic E-state index is 0.0458. The van der Waals surface area contributed by atoms with Crippen molar-refractivity contribution in [2.24, 2.45) is 11.8 Å². The third kappa shape index (κ3) is 5.63. The van der Waals surface area contributed by atoms with Crippen molar-refractivity contribution < 1.29 is 46.2 Å². The summed E-state index contributed by atoms with van der Waals surface area (Å²) in [6.07, 6.45) is -1.45. The van der Waals surface area contributed by atoms with Crippen molar-refractivity contribution in [2.45, 2.75) is 56.6 Å². The van der Waals surface area contributed by atoms with Crippen LogP contribution in [0.3, 0.4) is 0 Å². The summed E-state index contributed by atoms with van der Waals surface area (Å²) in [6.45, 7) is 8.03. The van der Waals surface area contributed by atoms with Gasteiger partial charge in [-0.3, -0.25) is 0 Å². The lowest BCUT2D eigenvalue weighted by Crippen LogP contribution is -2.69. The molecule has 1 heterocycles. The highest BCUT2D eigenvalue weighted by Gasteiger charge is 2.74. The fraction of sp³-hybridized carbons (Fsp3) is 1.00. The lowest BCUT2D eigenvalue weighted by Gasteiger charge is -2.54. The van der Waals surface area contributed by atoms with Crippen molar-refractivity contribution in [1.82, 2.24) is 0 Å². The summed E-state index contributed by atoms with van der Waals surface area (Å²) in [5.74, 6) is -0.0917. The topological polar surface area (TPSA) is 118 Å². The summed E-state index contributed by atoms with van der Waals surface area (Å²) in [4.78, 5) is 0. The first kappa shape index (κ1) is 30.1. The molecule has 192 valence electrons. The van der Waals surface area contributed by atoms with Crippen LogP contribution in [0.4, 0.5) is 0 Å². The van der Waals surface area contributed by atoms with Crippen molar-refractivity contribution in [3.63, 3.8) is 0 Å². The first-order valence-corrected chi connectivity index (χ1v) is 14.5. The predicted molar refractivity (Wildman–Crippen MR) is 122 cm³/mol. The van der Waals surface area contributed by atoms with Gasteiger partial charge in [0.1, 0.15) is 17.8 Å². The summed E-state index contributed by atoms with van der Waals surface area (Å²) in [5, 5.41) is 19.7. The molecule has 0 bridgehead atoms. The molecule has 1 aliphatic rings. The fourth-order valence-corrected chi connectivity index (χ4v) is 11.5. The molecule has 0 saturated carbocycles. The van der Waals surface area contributed by atoms with Crippen LogP contribution >= 0.6 is 0 Å². The van der Waals surface area contributed by atoms with Crippen molar-refractivity contribution in [2.75, 3.05) is 62.5 Å². The average molecular weight is 501 g/mol. The van der Waals surface area contributed by atoms with E-state index in [4.69, 9.17) is 36.0 Å². The summed E-state index contributed by atoms with van der Waals surface area (Å²) in [5.41, 5.74) is -2.00. The maximum absolute atomic E-state index is 10.2. The van der Waals surface area contributed by atoms with E-state index in [0.717, 1.165) is 0 Å². The van der Waals surface area contributed by atoms with E-state index in [-0.39, 0.29) is 24.5 Å². The zero-order chi connectivity index (χ0) is 24.7. The largest absolute Gasteiger partial charge is 0.506 e. The number of ether oxygens (including phenoxy) is 2. The third-order valence-corrected chi connectivity index (χ3v) is 13.5. The molecule has 12 heteroatoms. The van der Waals surface area contributed by atoms with E-state index in [2.05, 4.69) is 0 Å². The molecule has 0 radical (unpaired) electrons. The Morgan fingerprint density at radius 2 is 1.16 bits per heavy atom. The number of epoxide rings is 1. The van der Waals surface area contributed by atoms with Gasteiger partial charge in [0, 0.05) is 42.7 Å². The van der Waals surface area contributed by atoms with Gasteiger partial charge in [-0.2, -0.15) is 0 Å². The van der Waals surface area contributed by atoms with E-state index in [0.29, 0.717) is 6.61 Å². The van der Waals surface area contributed by atoms with Crippen LogP contribution in [0.5, 0.6) is 0 Å². The second kappa shape index (κ2) is 12.7. The summed E-state index contributed by atoms with van der Waals surface area (Å²) in [7, 11) is 2.64. The summed E-state index contributed by atoms with van der Waals surface area (Å²) in [6, 6.07) is 0. The molecule has 1 aliphatic heterocycles. The molecule has 0 aromatic heterocycles. The molecule has 1 saturated heterocycles. The zero-order valence-electron chi connectivity index (χ0n) is 21.2. The van der Waals surface area contributed by atoms with E-state index in [1.54, 1.807) is 42.7 Å². The van der Waals surface area contributed by atoms with Gasteiger partial charge in [-0.1, -0.05) is 27.7 Å². The van der Waals surface area contributed by atoms with Crippen molar-refractivity contribution >= 4 is 17.6 Å². The standard InChI is InChI=1S/C20H44O10Si2/c1-14(2)18(31(23-5,24-6)25-7)20(17-13-29-17,30-12-16(22)11-21)19(15(3)4)32(26-8,27-9)28-10/h14-19,21-22H,11-13H2,1-10H3. The van der Waals surface area contributed by atoms with Crippen molar-refractivity contribution in [3.05, 3.63) is 0 Å². The monoisotopic (exact) mass is 500 g/mol. The molecule has 1 fully saturated rings. The van der Waals surface area contributed by atoms with E-state index in [9.17, 15) is 10.2 Å². The normalized spacial score (nSPS) is 22.1. The highest BCUT2D eigenvalue weighted by atomic mass is 28.4. The molecule has 2 N–H and O–H groups in total. The predicted octanol–water partition coefficient (Wildman–Crippen LogP) is 1.30. The molecule has 0 aromatic carbocycles. The van der Waals surface area contributed by atoms with Gasteiger partial charge in [0.2, 0.25) is 0 Å². The Hall–Kier alpha value is 0.0338. The Morgan fingerprint density at radius 1 is 0.812 bits per heavy atom. The highest BCUT2D eigenvalue weighted by Crippen LogP contribution is 2.59. The second-order valence-corrected chi connectivity index (χ2v) is 14.8. The molecular weight excluding hydrogens is 456 g/mol. The van der Waals surface area contributed by atoms with Crippen LogP contribution in [0, 0.1) is 11.8 Å². The number of aliphatic hydroxyl groups excluding tert-OH is 2. The maximum Gasteiger partial charge on any atom is 0.506 e. The average Bonchev–Trinajstić information content (AvgIpc) is 3.63. The van der Waals surface area contributed by atoms with Gasteiger partial charge in [0.15, 0.2) is 0 Å². The Kier molecular flexibility index (Phi) is 11.9. The molecule has 0 spiro atoms. The number of hydrogen-bond donors (Lipinski definition) is 2. The Balaban J connectivity index is 3.95. The molecule has 32 heavy (non-hydrogen) atoms. The maximum atomic E-state index is 10.2. The molecular formula is C20H44O10Si2. The van der Waals surface area contributed by atoms with E-state index < -0.39 is 47.0 Å². The molecule has 1 rings (SSSR count). The number of aliphatic hydroxyl groups is 2. The SMILES string of the molecule is CO[Si](OC)(OC)C(C(C)C)C(OCC(O)CO)(C1CO1)C(C(C)C)[Si](OC)(OC)OC. The summed E-state index contributed by atoms with van der Waals surface area (Å²) >= 11 is 0. The molecule has 4 atom stereocenters. The van der Waals surface area contributed by atoms with E-state index in [1.807, 2.05) is 27.7 Å². The van der Waals surface area contributed by atoms with Gasteiger partial charge in [-0.15, -0.1) is 0 Å². The van der Waals surface area contributed by atoms with Crippen molar-refractivity contribution in [3.8, 4) is 0 Å². The van der Waals surface area contributed by atoms with Crippen LogP contribution < -0.4 is 0 Å². The lowest BCUT2D eigenvalue weighted by atomic mass is 9.80. The highest BCUT2D eigenvalue weighted by molar-refractivity contribution is 6.65. The quantitative estimate of drug-likeness (QED) is 0.223. The number of rotatable bonds is 17. The smallest absolute Gasteiger partial charge is 0.394 e. The van der Waals surface area contributed by atoms with Crippen LogP contribution in [0.25, 0.3) is 0 Å². The third-order valence-electron chi connectivity index (χ3n) is 6.35. The molecule has 0 aliphatic carbocycles. The van der Waals surface area contributed by atoms with Crippen LogP contribution in [-0.2, 0) is 36.0 Å². The van der Waals surface area contributed by atoms with Gasteiger partial charge >= 0.3 is 17.6 Å². The van der Waals surface area contributed by atoms with Crippen LogP contribution in [0.2, 0.25) is 11.1 Å². The Morgan fingerprint density at radius 3 is 1.38 bits per heavy atom. The summed E-state index contributed by atoms with van der Waals surface area (Å²) < 4.78 is 48.3. The first-order chi connectivity index (χ1) is 15.1. The van der Waals surface area contributed by atoms with Gasteiger partial charge in [0.05, 0.1) is 30.9 Å². The van der Waals surface area contributed by atoms with Gasteiger partial charge in [0.25, 0.3) is 0 Å².